The van der Waals surface area contributed by atoms with Gasteiger partial charge >= 0.3 is 6.03 Å². The highest BCUT2D eigenvalue weighted by Gasteiger charge is 2.36. The highest BCUT2D eigenvalue weighted by atomic mass is 16.2. The summed E-state index contributed by atoms with van der Waals surface area (Å²) in [6.07, 6.45) is 0. The van der Waals surface area contributed by atoms with Gasteiger partial charge in [-0.05, 0) is 25.1 Å². The van der Waals surface area contributed by atoms with Crippen molar-refractivity contribution in [2.75, 3.05) is 4.90 Å². The number of anilines is 1. The second-order valence-corrected chi connectivity index (χ2v) is 3.51. The standard InChI is InChI=1S/C11H9N3O2/c1-7-10(15)14(11(16)13-7)9-4-2-3-8(5-9)6-12/h2-5,7H,1H3,(H,13,16). The number of carbonyl (C=O) groups is 2. The van der Waals surface area contributed by atoms with E-state index >= 15 is 0 Å². The molecule has 1 aromatic carbocycles. The summed E-state index contributed by atoms with van der Waals surface area (Å²) in [6.45, 7) is 1.62. The van der Waals surface area contributed by atoms with Crippen LogP contribution in [0.4, 0.5) is 10.5 Å². The van der Waals surface area contributed by atoms with E-state index in [1.54, 1.807) is 25.1 Å². The van der Waals surface area contributed by atoms with E-state index in [4.69, 9.17) is 5.26 Å². The molecular formula is C11H9N3O2. The Morgan fingerprint density at radius 2 is 2.19 bits per heavy atom. The summed E-state index contributed by atoms with van der Waals surface area (Å²) in [6, 6.07) is 7.38. The van der Waals surface area contributed by atoms with E-state index in [-0.39, 0.29) is 5.91 Å². The van der Waals surface area contributed by atoms with Gasteiger partial charge < -0.3 is 5.32 Å². The number of imide groups is 1. The first kappa shape index (κ1) is 10.2. The number of hydrogen-bond donors (Lipinski definition) is 1. The molecule has 1 aliphatic rings. The second kappa shape index (κ2) is 3.66. The van der Waals surface area contributed by atoms with Crippen molar-refractivity contribution in [3.8, 4) is 6.07 Å². The van der Waals surface area contributed by atoms with Crippen molar-refractivity contribution in [3.63, 3.8) is 0 Å². The molecule has 0 saturated carbocycles. The summed E-state index contributed by atoms with van der Waals surface area (Å²) < 4.78 is 0. The monoisotopic (exact) mass is 215 g/mol. The Hall–Kier alpha value is -2.35. The van der Waals surface area contributed by atoms with Gasteiger partial charge in [0, 0.05) is 0 Å². The fraction of sp³-hybridized carbons (Fsp3) is 0.182. The van der Waals surface area contributed by atoms with E-state index in [9.17, 15) is 9.59 Å². The lowest BCUT2D eigenvalue weighted by Gasteiger charge is -2.12. The maximum absolute atomic E-state index is 11.7. The van der Waals surface area contributed by atoms with Crippen molar-refractivity contribution in [1.82, 2.24) is 5.32 Å². The van der Waals surface area contributed by atoms with Crippen LogP contribution in [0, 0.1) is 11.3 Å². The molecule has 1 saturated heterocycles. The first-order chi connectivity index (χ1) is 7.63. The molecule has 0 spiro atoms. The van der Waals surface area contributed by atoms with E-state index in [1.807, 2.05) is 6.07 Å². The smallest absolute Gasteiger partial charge is 0.326 e. The molecular weight excluding hydrogens is 206 g/mol. The van der Waals surface area contributed by atoms with Crippen molar-refractivity contribution >= 4 is 17.6 Å². The minimum absolute atomic E-state index is 0.305. The Morgan fingerprint density at radius 3 is 2.75 bits per heavy atom. The third-order valence-corrected chi connectivity index (χ3v) is 2.37. The van der Waals surface area contributed by atoms with Crippen LogP contribution in [0.5, 0.6) is 0 Å². The molecule has 0 radical (unpaired) electrons. The van der Waals surface area contributed by atoms with Gasteiger partial charge in [0.1, 0.15) is 6.04 Å². The van der Waals surface area contributed by atoms with E-state index in [0.717, 1.165) is 4.90 Å². The average molecular weight is 215 g/mol. The molecule has 0 aliphatic carbocycles. The van der Waals surface area contributed by atoms with Gasteiger partial charge in [0.2, 0.25) is 0 Å². The van der Waals surface area contributed by atoms with Crippen molar-refractivity contribution in [2.24, 2.45) is 0 Å². The number of hydrogen-bond acceptors (Lipinski definition) is 3. The van der Waals surface area contributed by atoms with Gasteiger partial charge in [-0.15, -0.1) is 0 Å². The Balaban J connectivity index is 2.41. The molecule has 1 heterocycles. The van der Waals surface area contributed by atoms with Gasteiger partial charge in [0.25, 0.3) is 5.91 Å². The van der Waals surface area contributed by atoms with Crippen LogP contribution in [0.1, 0.15) is 12.5 Å². The molecule has 2 rings (SSSR count). The fourth-order valence-electron chi connectivity index (χ4n) is 1.56. The Labute approximate surface area is 92.3 Å². The lowest BCUT2D eigenvalue weighted by Crippen LogP contribution is -2.30. The molecule has 1 aliphatic heterocycles. The first-order valence-corrected chi connectivity index (χ1v) is 4.78. The van der Waals surface area contributed by atoms with E-state index in [0.29, 0.717) is 11.3 Å². The predicted octanol–water partition coefficient (Wildman–Crippen LogP) is 1.00. The van der Waals surface area contributed by atoms with E-state index in [2.05, 4.69) is 5.32 Å². The summed E-state index contributed by atoms with van der Waals surface area (Å²) in [4.78, 5) is 24.2. The molecule has 1 fully saturated rings. The number of nitrogens with zero attached hydrogens (tertiary/aromatic N) is 2. The summed E-state index contributed by atoms with van der Waals surface area (Å²) in [5, 5.41) is 11.2. The first-order valence-electron chi connectivity index (χ1n) is 4.78. The van der Waals surface area contributed by atoms with E-state index < -0.39 is 12.1 Å². The zero-order valence-corrected chi connectivity index (χ0v) is 8.60. The van der Waals surface area contributed by atoms with Crippen LogP contribution in [-0.2, 0) is 4.79 Å². The largest absolute Gasteiger partial charge is 0.329 e. The molecule has 1 unspecified atom stereocenters. The van der Waals surface area contributed by atoms with Gasteiger partial charge in [-0.1, -0.05) is 6.07 Å². The highest BCUT2D eigenvalue weighted by Crippen LogP contribution is 2.20. The van der Waals surface area contributed by atoms with Crippen molar-refractivity contribution < 1.29 is 9.59 Å². The highest BCUT2D eigenvalue weighted by molar-refractivity contribution is 6.21. The molecule has 0 bridgehead atoms. The van der Waals surface area contributed by atoms with Gasteiger partial charge in [0.05, 0.1) is 17.3 Å². The van der Waals surface area contributed by atoms with Crippen LogP contribution in [-0.4, -0.2) is 18.0 Å². The van der Waals surface area contributed by atoms with Gasteiger partial charge in [-0.3, -0.25) is 4.79 Å². The van der Waals surface area contributed by atoms with Crippen LogP contribution in [0.3, 0.4) is 0 Å². The van der Waals surface area contributed by atoms with Crippen molar-refractivity contribution in [2.45, 2.75) is 13.0 Å². The number of nitrogens with one attached hydrogen (secondary N) is 1. The Morgan fingerprint density at radius 1 is 1.44 bits per heavy atom. The molecule has 1 atom stereocenters. The predicted molar refractivity (Wildman–Crippen MR) is 56.6 cm³/mol. The third kappa shape index (κ3) is 1.50. The lowest BCUT2D eigenvalue weighted by atomic mass is 10.2. The molecule has 0 aromatic heterocycles. The quantitative estimate of drug-likeness (QED) is 0.710. The minimum Gasteiger partial charge on any atom is -0.326 e. The summed E-state index contributed by atoms with van der Waals surface area (Å²) >= 11 is 0. The number of urea groups is 1. The molecule has 1 aromatic rings. The maximum atomic E-state index is 11.7. The summed E-state index contributed by atoms with van der Waals surface area (Å²) in [7, 11) is 0. The van der Waals surface area contributed by atoms with Crippen LogP contribution in [0.25, 0.3) is 0 Å². The van der Waals surface area contributed by atoms with Gasteiger partial charge in [0.15, 0.2) is 0 Å². The molecule has 5 heteroatoms. The number of rotatable bonds is 1. The maximum Gasteiger partial charge on any atom is 0.329 e. The number of carbonyl (C=O) groups excluding carboxylic acids is 2. The topological polar surface area (TPSA) is 73.2 Å². The summed E-state index contributed by atoms with van der Waals surface area (Å²) in [5.41, 5.74) is 0.837. The lowest BCUT2D eigenvalue weighted by molar-refractivity contribution is -0.117. The van der Waals surface area contributed by atoms with Crippen molar-refractivity contribution in [1.29, 1.82) is 5.26 Å². The molecule has 5 nitrogen and oxygen atoms in total. The minimum atomic E-state index is -0.516. The number of amides is 3. The number of benzene rings is 1. The Bertz CT molecular complexity index is 504. The number of nitriles is 1. The zero-order valence-electron chi connectivity index (χ0n) is 8.60. The third-order valence-electron chi connectivity index (χ3n) is 2.37. The van der Waals surface area contributed by atoms with Crippen molar-refractivity contribution in [3.05, 3.63) is 29.8 Å². The zero-order chi connectivity index (χ0) is 11.7. The second-order valence-electron chi connectivity index (χ2n) is 3.51. The van der Waals surface area contributed by atoms with Crippen LogP contribution >= 0.6 is 0 Å². The van der Waals surface area contributed by atoms with Crippen LogP contribution in [0.15, 0.2) is 24.3 Å². The average Bonchev–Trinajstić information content (AvgIpc) is 2.53. The van der Waals surface area contributed by atoms with E-state index in [1.165, 1.54) is 6.07 Å². The fourth-order valence-corrected chi connectivity index (χ4v) is 1.56. The summed E-state index contributed by atoms with van der Waals surface area (Å²) in [5.74, 6) is -0.305. The normalized spacial score (nSPS) is 19.5. The molecule has 1 N–H and O–H groups in total. The SMILES string of the molecule is CC1NC(=O)N(c2cccc(C#N)c2)C1=O. The van der Waals surface area contributed by atoms with Gasteiger partial charge in [-0.2, -0.15) is 5.26 Å². The molecule has 80 valence electrons. The molecule has 16 heavy (non-hydrogen) atoms. The van der Waals surface area contributed by atoms with Crippen LogP contribution < -0.4 is 10.2 Å². The molecule has 3 amide bonds. The van der Waals surface area contributed by atoms with Crippen LogP contribution in [0.2, 0.25) is 0 Å². The Kier molecular flexibility index (Phi) is 2.33. The van der Waals surface area contributed by atoms with Gasteiger partial charge in [-0.25, -0.2) is 9.69 Å².